The van der Waals surface area contributed by atoms with Gasteiger partial charge in [0, 0.05) is 33.2 Å². The number of carbonyl (C=O) groups is 2. The van der Waals surface area contributed by atoms with Gasteiger partial charge < -0.3 is 20.3 Å². The number of rotatable bonds is 8. The first-order valence-corrected chi connectivity index (χ1v) is 7.54. The van der Waals surface area contributed by atoms with Crippen LogP contribution >= 0.6 is 0 Å². The summed E-state index contributed by atoms with van der Waals surface area (Å²) in [6, 6.07) is 0. The molecule has 7 heteroatoms. The molecule has 0 aliphatic carbocycles. The Bertz CT molecular complexity index is 332. The summed E-state index contributed by atoms with van der Waals surface area (Å²) in [7, 11) is 3.54. The number of nitrogens with one attached hydrogen (secondary N) is 2. The lowest BCUT2D eigenvalue weighted by atomic mass is 10.3. The van der Waals surface area contributed by atoms with Crippen LogP contribution in [0.4, 0.5) is 0 Å². The summed E-state index contributed by atoms with van der Waals surface area (Å²) in [4.78, 5) is 27.0. The first kappa shape index (κ1) is 17.9. The Morgan fingerprint density at radius 1 is 1.33 bits per heavy atom. The zero-order valence-corrected chi connectivity index (χ0v) is 13.4. The molecule has 2 amide bonds. The van der Waals surface area contributed by atoms with Crippen LogP contribution in [0.2, 0.25) is 0 Å². The van der Waals surface area contributed by atoms with E-state index in [9.17, 15) is 9.59 Å². The van der Waals surface area contributed by atoms with Crippen molar-refractivity contribution in [2.24, 2.45) is 0 Å². The van der Waals surface area contributed by atoms with Crippen LogP contribution in [0.3, 0.4) is 0 Å². The molecule has 0 radical (unpaired) electrons. The van der Waals surface area contributed by atoms with E-state index in [2.05, 4.69) is 10.6 Å². The second kappa shape index (κ2) is 9.70. The summed E-state index contributed by atoms with van der Waals surface area (Å²) < 4.78 is 5.61. The van der Waals surface area contributed by atoms with E-state index in [1.807, 2.05) is 18.9 Å². The van der Waals surface area contributed by atoms with Gasteiger partial charge in [0.2, 0.25) is 11.8 Å². The maximum atomic E-state index is 12.1. The highest BCUT2D eigenvalue weighted by molar-refractivity contribution is 5.85. The molecule has 0 saturated carbocycles. The summed E-state index contributed by atoms with van der Waals surface area (Å²) in [6.07, 6.45) is 1.01. The van der Waals surface area contributed by atoms with Crippen molar-refractivity contribution in [2.75, 3.05) is 60.0 Å². The minimum atomic E-state index is -0.116. The number of hydrogen-bond acceptors (Lipinski definition) is 5. The normalized spacial score (nSPS) is 18.6. The second-order valence-corrected chi connectivity index (χ2v) is 5.49. The fourth-order valence-corrected chi connectivity index (χ4v) is 2.12. The Morgan fingerprint density at radius 3 is 2.71 bits per heavy atom. The van der Waals surface area contributed by atoms with Gasteiger partial charge in [-0.2, -0.15) is 0 Å². The third-order valence-electron chi connectivity index (χ3n) is 3.30. The number of ether oxygens (including phenoxy) is 1. The molecule has 1 saturated heterocycles. The van der Waals surface area contributed by atoms with Crippen LogP contribution < -0.4 is 10.6 Å². The van der Waals surface area contributed by atoms with Crippen molar-refractivity contribution in [3.05, 3.63) is 0 Å². The molecule has 122 valence electrons. The van der Waals surface area contributed by atoms with Crippen molar-refractivity contribution in [1.82, 2.24) is 20.4 Å². The molecule has 1 fully saturated rings. The van der Waals surface area contributed by atoms with E-state index in [1.165, 1.54) is 4.90 Å². The maximum Gasteiger partial charge on any atom is 0.239 e. The number of nitrogens with zero attached hydrogens (tertiary/aromatic N) is 2. The third kappa shape index (κ3) is 7.40. The highest BCUT2D eigenvalue weighted by atomic mass is 16.5. The molecular formula is C14H28N4O3. The highest BCUT2D eigenvalue weighted by Gasteiger charge is 2.19. The topological polar surface area (TPSA) is 73.9 Å². The Kier molecular flexibility index (Phi) is 8.26. The van der Waals surface area contributed by atoms with Crippen molar-refractivity contribution in [1.29, 1.82) is 0 Å². The van der Waals surface area contributed by atoms with Crippen molar-refractivity contribution >= 4 is 11.8 Å². The largest absolute Gasteiger partial charge is 0.374 e. The fraction of sp³-hybridized carbons (Fsp3) is 0.857. The minimum Gasteiger partial charge on any atom is -0.374 e. The Balaban J connectivity index is 2.25. The highest BCUT2D eigenvalue weighted by Crippen LogP contribution is 1.99. The molecule has 1 aliphatic rings. The molecule has 1 aliphatic heterocycles. The van der Waals surface area contributed by atoms with Crippen molar-refractivity contribution in [3.8, 4) is 0 Å². The van der Waals surface area contributed by atoms with Gasteiger partial charge in [0.05, 0.1) is 25.8 Å². The Morgan fingerprint density at radius 2 is 2.10 bits per heavy atom. The van der Waals surface area contributed by atoms with Gasteiger partial charge in [0.15, 0.2) is 0 Å². The molecule has 1 heterocycles. The quantitative estimate of drug-likeness (QED) is 0.595. The van der Waals surface area contributed by atoms with Crippen LogP contribution in [-0.2, 0) is 14.3 Å². The van der Waals surface area contributed by atoms with E-state index in [0.717, 1.165) is 19.5 Å². The maximum absolute atomic E-state index is 12.1. The molecule has 0 aromatic carbocycles. The number of carbonyl (C=O) groups excluding carboxylic acids is 2. The van der Waals surface area contributed by atoms with Crippen LogP contribution in [0, 0.1) is 0 Å². The summed E-state index contributed by atoms with van der Waals surface area (Å²) in [5, 5.41) is 6.02. The van der Waals surface area contributed by atoms with Gasteiger partial charge in [-0.25, -0.2) is 0 Å². The van der Waals surface area contributed by atoms with E-state index < -0.39 is 0 Å². The average Bonchev–Trinajstić information content (AvgIpc) is 2.45. The van der Waals surface area contributed by atoms with Crippen LogP contribution in [-0.4, -0.2) is 87.7 Å². The average molecular weight is 300 g/mol. The van der Waals surface area contributed by atoms with Gasteiger partial charge in [-0.3, -0.25) is 14.5 Å². The predicted octanol–water partition coefficient (Wildman–Crippen LogP) is -1.11. The number of morpholine rings is 1. The zero-order chi connectivity index (χ0) is 15.7. The van der Waals surface area contributed by atoms with E-state index in [1.54, 1.807) is 7.05 Å². The smallest absolute Gasteiger partial charge is 0.239 e. The van der Waals surface area contributed by atoms with Crippen LogP contribution in [0.5, 0.6) is 0 Å². The van der Waals surface area contributed by atoms with Crippen molar-refractivity contribution in [2.45, 2.75) is 19.4 Å². The zero-order valence-electron chi connectivity index (χ0n) is 13.4. The van der Waals surface area contributed by atoms with E-state index in [-0.39, 0.29) is 31.0 Å². The molecule has 0 aromatic rings. The number of likely N-dealkylation sites (N-methyl/N-ethyl adjacent to an activating group) is 2. The molecule has 2 N–H and O–H groups in total. The lowest BCUT2D eigenvalue weighted by Gasteiger charge is -2.28. The molecule has 1 rings (SSSR count). The number of hydrogen-bond donors (Lipinski definition) is 2. The number of amides is 2. The first-order chi connectivity index (χ1) is 10.0. The molecule has 1 atom stereocenters. The molecule has 0 aromatic heterocycles. The first-order valence-electron chi connectivity index (χ1n) is 7.54. The van der Waals surface area contributed by atoms with E-state index >= 15 is 0 Å². The summed E-state index contributed by atoms with van der Waals surface area (Å²) in [6.45, 7) is 6.14. The summed E-state index contributed by atoms with van der Waals surface area (Å²) in [5.74, 6) is -0.178. The lowest BCUT2D eigenvalue weighted by molar-refractivity contribution is -0.135. The second-order valence-electron chi connectivity index (χ2n) is 5.49. The predicted molar refractivity (Wildman–Crippen MR) is 81.0 cm³/mol. The van der Waals surface area contributed by atoms with Crippen molar-refractivity contribution < 1.29 is 14.3 Å². The van der Waals surface area contributed by atoms with Crippen molar-refractivity contribution in [3.63, 3.8) is 0 Å². The molecule has 1 unspecified atom stereocenters. The molecule has 7 nitrogen and oxygen atoms in total. The van der Waals surface area contributed by atoms with Gasteiger partial charge in [0.25, 0.3) is 0 Å². The Labute approximate surface area is 127 Å². The van der Waals surface area contributed by atoms with Crippen LogP contribution in [0.15, 0.2) is 0 Å². The Hall–Kier alpha value is -1.18. The SMILES string of the molecule is CCCNC(=O)CN(C)C(=O)CN(C)CC1CNCCO1. The van der Waals surface area contributed by atoms with E-state index in [4.69, 9.17) is 4.74 Å². The van der Waals surface area contributed by atoms with Gasteiger partial charge in [-0.15, -0.1) is 0 Å². The third-order valence-corrected chi connectivity index (χ3v) is 3.30. The summed E-state index contributed by atoms with van der Waals surface area (Å²) in [5.41, 5.74) is 0. The molecular weight excluding hydrogens is 272 g/mol. The summed E-state index contributed by atoms with van der Waals surface area (Å²) >= 11 is 0. The van der Waals surface area contributed by atoms with Gasteiger partial charge in [-0.1, -0.05) is 6.92 Å². The monoisotopic (exact) mass is 300 g/mol. The lowest BCUT2D eigenvalue weighted by Crippen LogP contribution is -2.47. The molecule has 0 spiro atoms. The standard InChI is InChI=1S/C14H28N4O3/c1-4-5-16-13(19)10-18(3)14(20)11-17(2)9-12-8-15-6-7-21-12/h12,15H,4-11H2,1-3H3,(H,16,19). The molecule has 0 bridgehead atoms. The fourth-order valence-electron chi connectivity index (χ4n) is 2.12. The minimum absolute atomic E-state index is 0.0621. The van der Waals surface area contributed by atoms with Crippen LogP contribution in [0.25, 0.3) is 0 Å². The van der Waals surface area contributed by atoms with Gasteiger partial charge in [-0.05, 0) is 13.5 Å². The van der Waals surface area contributed by atoms with Gasteiger partial charge in [0.1, 0.15) is 0 Å². The van der Waals surface area contributed by atoms with Crippen LogP contribution in [0.1, 0.15) is 13.3 Å². The van der Waals surface area contributed by atoms with Gasteiger partial charge >= 0.3 is 0 Å². The molecule has 21 heavy (non-hydrogen) atoms. The van der Waals surface area contributed by atoms with E-state index in [0.29, 0.717) is 19.7 Å².